The summed E-state index contributed by atoms with van der Waals surface area (Å²) >= 11 is 5.87. The number of nitrogens with one attached hydrogen (secondary N) is 1. The van der Waals surface area contributed by atoms with Crippen LogP contribution in [0, 0.1) is 13.8 Å². The number of imidazole rings is 1. The van der Waals surface area contributed by atoms with Gasteiger partial charge in [0.25, 0.3) is 5.91 Å². The third kappa shape index (κ3) is 8.49. The molecule has 0 aliphatic carbocycles. The van der Waals surface area contributed by atoms with Crippen molar-refractivity contribution < 1.29 is 14.3 Å². The number of benzene rings is 3. The maximum atomic E-state index is 12.1. The van der Waals surface area contributed by atoms with Gasteiger partial charge in [-0.05, 0) is 87.1 Å². The van der Waals surface area contributed by atoms with Crippen molar-refractivity contribution in [1.82, 2.24) is 14.9 Å². The van der Waals surface area contributed by atoms with Gasteiger partial charge in [0.2, 0.25) is 0 Å². The molecule has 39 heavy (non-hydrogen) atoms. The molecule has 0 saturated heterocycles. The molecule has 1 amide bonds. The van der Waals surface area contributed by atoms with E-state index in [1.54, 1.807) is 24.3 Å². The number of hydrogen-bond acceptors (Lipinski definition) is 4. The van der Waals surface area contributed by atoms with Crippen molar-refractivity contribution in [2.75, 3.05) is 19.8 Å². The maximum Gasteiger partial charge on any atom is 0.257 e. The molecular weight excluding hydrogens is 510 g/mol. The third-order valence-corrected chi connectivity index (χ3v) is 7.00. The number of carbonyl (C=O) groups excluding carboxylic acids is 1. The summed E-state index contributed by atoms with van der Waals surface area (Å²) in [6.07, 6.45) is 5.90. The number of aromatic nitrogens is 2. The summed E-state index contributed by atoms with van der Waals surface area (Å²) < 4.78 is 14.0. The summed E-state index contributed by atoms with van der Waals surface area (Å²) in [5.41, 5.74) is 4.61. The van der Waals surface area contributed by atoms with Gasteiger partial charge in [-0.15, -0.1) is 0 Å². The molecule has 0 aliphatic heterocycles. The van der Waals surface area contributed by atoms with E-state index in [2.05, 4.69) is 60.1 Å². The van der Waals surface area contributed by atoms with Crippen LogP contribution >= 0.6 is 11.6 Å². The van der Waals surface area contributed by atoms with E-state index >= 15 is 0 Å². The third-order valence-electron chi connectivity index (χ3n) is 6.75. The molecule has 4 rings (SSSR count). The highest BCUT2D eigenvalue weighted by atomic mass is 35.5. The Morgan fingerprint density at radius 3 is 2.44 bits per heavy atom. The Bertz CT molecular complexity index is 1330. The summed E-state index contributed by atoms with van der Waals surface area (Å²) in [7, 11) is 0. The van der Waals surface area contributed by atoms with Gasteiger partial charge in [0, 0.05) is 24.5 Å². The summed E-state index contributed by atoms with van der Waals surface area (Å²) in [5, 5.41) is 3.57. The second kappa shape index (κ2) is 14.6. The van der Waals surface area contributed by atoms with Crippen LogP contribution in [0.5, 0.6) is 11.5 Å². The summed E-state index contributed by atoms with van der Waals surface area (Å²) in [4.78, 5) is 17.0. The first-order chi connectivity index (χ1) is 19.0. The second-order valence-electron chi connectivity index (χ2n) is 9.85. The molecule has 1 N–H and O–H groups in total. The van der Waals surface area contributed by atoms with Gasteiger partial charge in [-0.25, -0.2) is 4.98 Å². The smallest absolute Gasteiger partial charge is 0.257 e. The number of ether oxygens (including phenoxy) is 2. The van der Waals surface area contributed by atoms with Gasteiger partial charge in [-0.3, -0.25) is 4.79 Å². The van der Waals surface area contributed by atoms with Crippen LogP contribution in [0.3, 0.4) is 0 Å². The number of aryl methyl sites for hydroxylation is 4. The van der Waals surface area contributed by atoms with Crippen molar-refractivity contribution in [2.45, 2.75) is 58.9 Å². The predicted octanol–water partition coefficient (Wildman–Crippen LogP) is 7.07. The topological polar surface area (TPSA) is 65.4 Å². The zero-order valence-electron chi connectivity index (χ0n) is 22.9. The highest BCUT2D eigenvalue weighted by Gasteiger charge is 2.11. The highest BCUT2D eigenvalue weighted by Crippen LogP contribution is 2.23. The van der Waals surface area contributed by atoms with Gasteiger partial charge in [-0.1, -0.05) is 48.4 Å². The number of fused-ring (bicyclic) bond motifs is 1. The van der Waals surface area contributed by atoms with Gasteiger partial charge >= 0.3 is 0 Å². The molecule has 0 spiro atoms. The molecule has 4 aromatic rings. The van der Waals surface area contributed by atoms with E-state index < -0.39 is 0 Å². The van der Waals surface area contributed by atoms with E-state index in [1.165, 1.54) is 16.6 Å². The number of rotatable bonds is 15. The van der Waals surface area contributed by atoms with E-state index in [1.807, 2.05) is 6.07 Å². The Morgan fingerprint density at radius 1 is 0.872 bits per heavy atom. The number of unbranched alkanes of at least 4 members (excludes halogenated alkanes) is 3. The SMILES string of the molecule is Cc1cccc(C)c1OCCCCn1c(CCCCCNC(=O)COc2ccc(Cl)cc2)nc2ccccc21. The normalized spacial score (nSPS) is 11.1. The molecule has 0 unspecified atom stereocenters. The molecule has 206 valence electrons. The van der Waals surface area contributed by atoms with Crippen molar-refractivity contribution >= 4 is 28.5 Å². The molecule has 1 heterocycles. The summed E-state index contributed by atoms with van der Waals surface area (Å²) in [6, 6.07) is 21.6. The number of amides is 1. The first-order valence-corrected chi connectivity index (χ1v) is 14.2. The first kappa shape index (κ1) is 28.5. The lowest BCUT2D eigenvalue weighted by atomic mass is 10.1. The van der Waals surface area contributed by atoms with Crippen LogP contribution in [0.1, 0.15) is 49.1 Å². The lowest BCUT2D eigenvalue weighted by Gasteiger charge is -2.13. The van der Waals surface area contributed by atoms with Gasteiger partial charge < -0.3 is 19.4 Å². The van der Waals surface area contributed by atoms with Crippen LogP contribution < -0.4 is 14.8 Å². The monoisotopic (exact) mass is 547 g/mol. The van der Waals surface area contributed by atoms with Crippen LogP contribution in [0.25, 0.3) is 11.0 Å². The Kier molecular flexibility index (Phi) is 10.7. The molecule has 1 aromatic heterocycles. The van der Waals surface area contributed by atoms with Gasteiger partial charge in [-0.2, -0.15) is 0 Å². The van der Waals surface area contributed by atoms with Crippen LogP contribution in [0.2, 0.25) is 5.02 Å². The minimum absolute atomic E-state index is 0.00125. The molecule has 0 bridgehead atoms. The van der Waals surface area contributed by atoms with E-state index in [4.69, 9.17) is 26.1 Å². The molecule has 7 heteroatoms. The second-order valence-corrected chi connectivity index (χ2v) is 10.3. The highest BCUT2D eigenvalue weighted by molar-refractivity contribution is 6.30. The molecule has 0 fully saturated rings. The minimum Gasteiger partial charge on any atom is -0.493 e. The van der Waals surface area contributed by atoms with Crippen molar-refractivity contribution in [2.24, 2.45) is 0 Å². The van der Waals surface area contributed by atoms with E-state index in [0.29, 0.717) is 23.9 Å². The van der Waals surface area contributed by atoms with E-state index in [0.717, 1.165) is 62.2 Å². The minimum atomic E-state index is -0.117. The molecule has 0 atom stereocenters. The van der Waals surface area contributed by atoms with Crippen LogP contribution in [0.15, 0.2) is 66.7 Å². The van der Waals surface area contributed by atoms with Crippen molar-refractivity contribution in [3.63, 3.8) is 0 Å². The standard InChI is InChI=1S/C32H38ClN3O3/c1-24-11-10-12-25(2)32(24)38-22-9-8-21-36-29-14-6-5-13-28(29)35-30(36)15-4-3-7-20-34-31(37)23-39-27-18-16-26(33)17-19-27/h5-6,10-14,16-19H,3-4,7-9,15,20-23H2,1-2H3,(H,34,37). The number of carbonyl (C=O) groups is 1. The predicted molar refractivity (Wildman–Crippen MR) is 158 cm³/mol. The Morgan fingerprint density at radius 2 is 1.64 bits per heavy atom. The van der Waals surface area contributed by atoms with Crippen LogP contribution in [-0.4, -0.2) is 35.2 Å². The fraction of sp³-hybridized carbons (Fsp3) is 0.375. The van der Waals surface area contributed by atoms with Crippen molar-refractivity contribution in [3.8, 4) is 11.5 Å². The van der Waals surface area contributed by atoms with Gasteiger partial charge in [0.1, 0.15) is 17.3 Å². The van der Waals surface area contributed by atoms with Crippen molar-refractivity contribution in [1.29, 1.82) is 0 Å². The zero-order valence-corrected chi connectivity index (χ0v) is 23.7. The maximum absolute atomic E-state index is 12.1. The lowest BCUT2D eigenvalue weighted by Crippen LogP contribution is -2.29. The largest absolute Gasteiger partial charge is 0.493 e. The molecule has 0 aliphatic rings. The number of nitrogens with zero attached hydrogens (tertiary/aromatic N) is 2. The average molecular weight is 548 g/mol. The first-order valence-electron chi connectivity index (χ1n) is 13.8. The average Bonchev–Trinajstić information content (AvgIpc) is 3.28. The summed E-state index contributed by atoms with van der Waals surface area (Å²) in [6.45, 7) is 6.47. The fourth-order valence-electron chi connectivity index (χ4n) is 4.68. The molecule has 0 saturated carbocycles. The quantitative estimate of drug-likeness (QED) is 0.162. The molecule has 0 radical (unpaired) electrons. The number of para-hydroxylation sites is 3. The Balaban J connectivity index is 1.17. The van der Waals surface area contributed by atoms with E-state index in [9.17, 15) is 4.79 Å². The number of halogens is 1. The zero-order chi connectivity index (χ0) is 27.5. The van der Waals surface area contributed by atoms with Crippen LogP contribution in [0.4, 0.5) is 0 Å². The molecular formula is C32H38ClN3O3. The fourth-order valence-corrected chi connectivity index (χ4v) is 4.81. The van der Waals surface area contributed by atoms with E-state index in [-0.39, 0.29) is 12.5 Å². The van der Waals surface area contributed by atoms with Gasteiger partial charge in [0.05, 0.1) is 17.6 Å². The summed E-state index contributed by atoms with van der Waals surface area (Å²) in [5.74, 6) is 2.66. The lowest BCUT2D eigenvalue weighted by molar-refractivity contribution is -0.123. The Hall–Kier alpha value is -3.51. The molecule has 3 aromatic carbocycles. The van der Waals surface area contributed by atoms with Crippen molar-refractivity contribution in [3.05, 3.63) is 88.7 Å². The van der Waals surface area contributed by atoms with Crippen LogP contribution in [-0.2, 0) is 17.8 Å². The Labute approximate surface area is 236 Å². The number of hydrogen-bond donors (Lipinski definition) is 1. The molecule has 6 nitrogen and oxygen atoms in total. The van der Waals surface area contributed by atoms with Gasteiger partial charge in [0.15, 0.2) is 6.61 Å².